The van der Waals surface area contributed by atoms with E-state index in [2.05, 4.69) is 17.2 Å². The summed E-state index contributed by atoms with van der Waals surface area (Å²) in [6.07, 6.45) is 3.51. The van der Waals surface area contributed by atoms with Crippen molar-refractivity contribution in [2.75, 3.05) is 13.1 Å². The average molecular weight is 366 g/mol. The van der Waals surface area contributed by atoms with Gasteiger partial charge in [0.2, 0.25) is 0 Å². The molecule has 142 valence electrons. The summed E-state index contributed by atoms with van der Waals surface area (Å²) >= 11 is 0. The minimum atomic E-state index is -1.25. The molecule has 1 aromatic heterocycles. The summed E-state index contributed by atoms with van der Waals surface area (Å²) in [5.41, 5.74) is 1.73. The van der Waals surface area contributed by atoms with Gasteiger partial charge in [0, 0.05) is 6.08 Å². The normalized spacial score (nSPS) is 20.5. The summed E-state index contributed by atoms with van der Waals surface area (Å²) in [5.74, 6) is -0.751. The Bertz CT molecular complexity index is 826. The van der Waals surface area contributed by atoms with Crippen LogP contribution in [0.25, 0.3) is 6.08 Å². The monoisotopic (exact) mass is 366 g/mol. The Hall–Kier alpha value is -2.50. The number of nitrogens with zero attached hydrogens (tertiary/aromatic N) is 1. The molecule has 0 amide bonds. The Kier molecular flexibility index (Phi) is 5.73. The Labute approximate surface area is 159 Å². The summed E-state index contributed by atoms with van der Waals surface area (Å²) in [6.45, 7) is 5.91. The number of pyridine rings is 1. The number of carboxylic acid groups (broad SMARTS) is 1. The molecule has 2 aromatic rings. The number of aromatic nitrogens is 1. The van der Waals surface area contributed by atoms with Gasteiger partial charge in [0.05, 0.1) is 11.4 Å². The summed E-state index contributed by atoms with van der Waals surface area (Å²) in [4.78, 5) is 15.4. The molecule has 5 nitrogen and oxygen atoms in total. The van der Waals surface area contributed by atoms with Crippen molar-refractivity contribution in [3.63, 3.8) is 0 Å². The second-order valence-corrected chi connectivity index (χ2v) is 7.29. The molecule has 0 spiro atoms. The summed E-state index contributed by atoms with van der Waals surface area (Å²) < 4.78 is 0. The standard InChI is InChI=1S/C22H26N2O3/c1-15-6-8-18(9-7-15)22(27,16(2)17-12-13-23-14-17)20-5-3-4-19(24-20)10-11-21(25)26/h3-11,16-17,23,27H,12-14H2,1-2H3,(H,25,26)/b11-10+. The number of rotatable bonds is 6. The third kappa shape index (κ3) is 4.10. The highest BCUT2D eigenvalue weighted by atomic mass is 16.4. The van der Waals surface area contributed by atoms with Gasteiger partial charge in [-0.2, -0.15) is 0 Å². The largest absolute Gasteiger partial charge is 0.478 e. The molecule has 27 heavy (non-hydrogen) atoms. The molecular weight excluding hydrogens is 340 g/mol. The van der Waals surface area contributed by atoms with E-state index in [1.165, 1.54) is 6.08 Å². The van der Waals surface area contributed by atoms with Crippen molar-refractivity contribution < 1.29 is 15.0 Å². The van der Waals surface area contributed by atoms with Crippen molar-refractivity contribution >= 4 is 12.0 Å². The number of hydrogen-bond donors (Lipinski definition) is 3. The average Bonchev–Trinajstić information content (AvgIpc) is 3.20. The van der Waals surface area contributed by atoms with Gasteiger partial charge < -0.3 is 15.5 Å². The van der Waals surface area contributed by atoms with Gasteiger partial charge in [-0.25, -0.2) is 4.79 Å². The molecule has 1 aliphatic heterocycles. The van der Waals surface area contributed by atoms with Crippen LogP contribution in [0.3, 0.4) is 0 Å². The van der Waals surface area contributed by atoms with Gasteiger partial charge >= 0.3 is 5.97 Å². The fourth-order valence-corrected chi connectivity index (χ4v) is 3.81. The fourth-order valence-electron chi connectivity index (χ4n) is 3.81. The van der Waals surface area contributed by atoms with Gasteiger partial charge in [-0.1, -0.05) is 42.8 Å². The third-order valence-electron chi connectivity index (χ3n) is 5.51. The Morgan fingerprint density at radius 3 is 2.67 bits per heavy atom. The molecule has 3 atom stereocenters. The van der Waals surface area contributed by atoms with E-state index >= 15 is 0 Å². The maximum atomic E-state index is 11.9. The molecule has 1 fully saturated rings. The van der Waals surface area contributed by atoms with Gasteiger partial charge in [0.15, 0.2) is 0 Å². The first kappa shape index (κ1) is 19.3. The first-order valence-electron chi connectivity index (χ1n) is 9.30. The lowest BCUT2D eigenvalue weighted by Gasteiger charge is -2.37. The van der Waals surface area contributed by atoms with E-state index in [1.807, 2.05) is 43.3 Å². The summed E-state index contributed by atoms with van der Waals surface area (Å²) in [6, 6.07) is 13.3. The first-order chi connectivity index (χ1) is 12.9. The molecule has 3 unspecified atom stereocenters. The van der Waals surface area contributed by atoms with E-state index < -0.39 is 11.6 Å². The summed E-state index contributed by atoms with van der Waals surface area (Å²) in [7, 11) is 0. The number of carboxylic acids is 1. The fraction of sp³-hybridized carbons (Fsp3) is 0.364. The van der Waals surface area contributed by atoms with Crippen LogP contribution < -0.4 is 5.32 Å². The van der Waals surface area contributed by atoms with Crippen molar-refractivity contribution in [3.8, 4) is 0 Å². The minimum absolute atomic E-state index is 0.0543. The Morgan fingerprint density at radius 1 is 1.30 bits per heavy atom. The lowest BCUT2D eigenvalue weighted by Crippen LogP contribution is -2.40. The van der Waals surface area contributed by atoms with Crippen LogP contribution in [-0.2, 0) is 10.4 Å². The van der Waals surface area contributed by atoms with E-state index in [0.717, 1.165) is 36.7 Å². The number of aryl methyl sites for hydroxylation is 1. The first-order valence-corrected chi connectivity index (χ1v) is 9.30. The minimum Gasteiger partial charge on any atom is -0.478 e. The van der Waals surface area contributed by atoms with Gasteiger partial charge in [-0.05, 0) is 62.0 Å². The number of carbonyl (C=O) groups is 1. The molecule has 1 saturated heterocycles. The maximum Gasteiger partial charge on any atom is 0.328 e. The van der Waals surface area contributed by atoms with Crippen LogP contribution in [0.15, 0.2) is 48.5 Å². The van der Waals surface area contributed by atoms with Crippen molar-refractivity contribution in [2.24, 2.45) is 11.8 Å². The smallest absolute Gasteiger partial charge is 0.328 e. The van der Waals surface area contributed by atoms with Crippen molar-refractivity contribution in [1.82, 2.24) is 10.3 Å². The number of benzene rings is 1. The second-order valence-electron chi connectivity index (χ2n) is 7.29. The predicted octanol–water partition coefficient (Wildman–Crippen LogP) is 2.97. The molecule has 0 aliphatic carbocycles. The highest BCUT2D eigenvalue weighted by Gasteiger charge is 2.43. The molecule has 3 N–H and O–H groups in total. The summed E-state index contributed by atoms with van der Waals surface area (Å²) in [5, 5.41) is 24.2. The highest BCUT2D eigenvalue weighted by molar-refractivity contribution is 5.84. The van der Waals surface area contributed by atoms with E-state index in [9.17, 15) is 9.90 Å². The van der Waals surface area contributed by atoms with E-state index in [4.69, 9.17) is 5.11 Å². The van der Waals surface area contributed by atoms with Crippen LogP contribution in [0, 0.1) is 18.8 Å². The number of aliphatic carboxylic acids is 1. The zero-order valence-corrected chi connectivity index (χ0v) is 15.7. The van der Waals surface area contributed by atoms with E-state index in [0.29, 0.717) is 17.3 Å². The molecular formula is C22H26N2O3. The van der Waals surface area contributed by atoms with Crippen LogP contribution in [0.4, 0.5) is 0 Å². The lowest BCUT2D eigenvalue weighted by molar-refractivity contribution is -0.131. The molecule has 1 aromatic carbocycles. The van der Waals surface area contributed by atoms with Crippen LogP contribution in [0.1, 0.15) is 35.9 Å². The van der Waals surface area contributed by atoms with E-state index in [1.54, 1.807) is 6.07 Å². The molecule has 1 aliphatic rings. The van der Waals surface area contributed by atoms with Crippen LogP contribution in [0.2, 0.25) is 0 Å². The highest BCUT2D eigenvalue weighted by Crippen LogP contribution is 2.41. The van der Waals surface area contributed by atoms with Crippen molar-refractivity contribution in [1.29, 1.82) is 0 Å². The second kappa shape index (κ2) is 8.03. The van der Waals surface area contributed by atoms with Gasteiger partial charge in [-0.3, -0.25) is 4.98 Å². The third-order valence-corrected chi connectivity index (χ3v) is 5.51. The van der Waals surface area contributed by atoms with Crippen LogP contribution >= 0.6 is 0 Å². The van der Waals surface area contributed by atoms with E-state index in [-0.39, 0.29) is 5.92 Å². The SMILES string of the molecule is Cc1ccc(C(O)(c2cccc(/C=C/C(=O)O)n2)C(C)C2CCNC2)cc1. The molecule has 0 saturated carbocycles. The Morgan fingerprint density at radius 2 is 2.04 bits per heavy atom. The molecule has 3 rings (SSSR count). The quantitative estimate of drug-likeness (QED) is 0.685. The zero-order valence-electron chi connectivity index (χ0n) is 15.7. The van der Waals surface area contributed by atoms with Gasteiger partial charge in [-0.15, -0.1) is 0 Å². The molecule has 5 heteroatoms. The van der Waals surface area contributed by atoms with Crippen LogP contribution in [0.5, 0.6) is 0 Å². The van der Waals surface area contributed by atoms with Crippen molar-refractivity contribution in [2.45, 2.75) is 25.9 Å². The topological polar surface area (TPSA) is 82.5 Å². The lowest BCUT2D eigenvalue weighted by atomic mass is 9.72. The van der Waals surface area contributed by atoms with Gasteiger partial charge in [0.1, 0.15) is 5.60 Å². The zero-order chi connectivity index (χ0) is 19.4. The Balaban J connectivity index is 2.07. The number of nitrogens with one attached hydrogen (secondary N) is 1. The van der Waals surface area contributed by atoms with Crippen molar-refractivity contribution in [3.05, 3.63) is 71.1 Å². The number of hydrogen-bond acceptors (Lipinski definition) is 4. The van der Waals surface area contributed by atoms with Gasteiger partial charge in [0.25, 0.3) is 0 Å². The van der Waals surface area contributed by atoms with Crippen LogP contribution in [-0.4, -0.2) is 34.3 Å². The molecule has 2 heterocycles. The maximum absolute atomic E-state index is 11.9. The number of aliphatic hydroxyl groups is 1. The predicted molar refractivity (Wildman–Crippen MR) is 105 cm³/mol. The molecule has 0 bridgehead atoms. The molecule has 0 radical (unpaired) electrons.